The summed E-state index contributed by atoms with van der Waals surface area (Å²) < 4.78 is 0. The van der Waals surface area contributed by atoms with Gasteiger partial charge in [0.05, 0.1) is 0 Å². The number of fused-ring (bicyclic) bond motifs is 4. The number of hydrogen-bond donors (Lipinski definition) is 0. The van der Waals surface area contributed by atoms with Crippen LogP contribution in [0.25, 0.3) is 0 Å². The van der Waals surface area contributed by atoms with E-state index in [2.05, 4.69) is 0 Å². The van der Waals surface area contributed by atoms with Crippen molar-refractivity contribution in [2.24, 2.45) is 0 Å². The lowest BCUT2D eigenvalue weighted by Crippen LogP contribution is -2.19. The van der Waals surface area contributed by atoms with Gasteiger partial charge in [-0.15, -0.1) is 0 Å². The molecule has 4 heteroatoms. The molecule has 0 spiro atoms. The second-order valence-corrected chi connectivity index (χ2v) is 9.11. The fourth-order valence-electron chi connectivity index (χ4n) is 5.52. The van der Waals surface area contributed by atoms with E-state index in [1.165, 1.54) is 27.7 Å². The molecular weight excluding hydrogens is 448 g/mol. The molecule has 4 aromatic carbocycles. The van der Waals surface area contributed by atoms with E-state index in [1.807, 2.05) is 72.8 Å². The Morgan fingerprint density at radius 1 is 0.361 bits per heavy atom. The summed E-state index contributed by atoms with van der Waals surface area (Å²) in [6, 6.07) is 23.4. The van der Waals surface area contributed by atoms with Crippen molar-refractivity contribution in [1.29, 1.82) is 0 Å². The van der Waals surface area contributed by atoms with E-state index in [0.717, 1.165) is 31.3 Å². The number of carbonyl (C=O) groups is 4. The van der Waals surface area contributed by atoms with E-state index in [4.69, 9.17) is 0 Å². The Hall–Kier alpha value is -4.44. The zero-order valence-corrected chi connectivity index (χ0v) is 20.6. The van der Waals surface area contributed by atoms with E-state index in [-0.39, 0.29) is 33.8 Å². The van der Waals surface area contributed by atoms with Crippen LogP contribution in [0.1, 0.15) is 69.1 Å². The van der Waals surface area contributed by atoms with Gasteiger partial charge in [0.2, 0.25) is 0 Å². The average molecular weight is 473 g/mol. The van der Waals surface area contributed by atoms with E-state index < -0.39 is 11.6 Å². The van der Waals surface area contributed by atoms with Gasteiger partial charge in [-0.05, 0) is 59.0 Å². The molecule has 0 fully saturated rings. The standard InChI is InChI=1S/C32H24O4/c1-17(33)27-28(18(2)34)30(20(4)36)32-26-16-10-8-14-24(26)22-12-6-5-11-21(22)23-13-7-9-15-25(23)31(32)29(27)19(3)35/h5-16H,1-4H3/b23-21-,24-22-,31-25-,32-26-. The quantitative estimate of drug-likeness (QED) is 0.303. The molecule has 0 saturated heterocycles. The van der Waals surface area contributed by atoms with Gasteiger partial charge >= 0.3 is 0 Å². The Bertz CT molecular complexity index is 1910. The first kappa shape index (κ1) is 23.3. The van der Waals surface area contributed by atoms with E-state index >= 15 is 0 Å². The lowest BCUT2D eigenvalue weighted by atomic mass is 9.83. The van der Waals surface area contributed by atoms with Crippen molar-refractivity contribution < 1.29 is 19.2 Å². The summed E-state index contributed by atoms with van der Waals surface area (Å²) in [6.07, 6.45) is 0. The van der Waals surface area contributed by atoms with Gasteiger partial charge in [-0.1, -0.05) is 72.8 Å². The summed E-state index contributed by atoms with van der Waals surface area (Å²) >= 11 is 0. The highest BCUT2D eigenvalue weighted by Crippen LogP contribution is 2.28. The summed E-state index contributed by atoms with van der Waals surface area (Å²) in [5, 5.41) is 6.22. The van der Waals surface area contributed by atoms with Crippen molar-refractivity contribution in [2.75, 3.05) is 0 Å². The van der Waals surface area contributed by atoms with Crippen molar-refractivity contribution in [3.8, 4) is 0 Å². The van der Waals surface area contributed by atoms with Gasteiger partial charge in [-0.3, -0.25) is 19.2 Å². The Morgan fingerprint density at radius 3 is 0.833 bits per heavy atom. The van der Waals surface area contributed by atoms with Gasteiger partial charge in [0, 0.05) is 32.7 Å². The minimum absolute atomic E-state index is 0.0140. The van der Waals surface area contributed by atoms with Crippen molar-refractivity contribution in [3.63, 3.8) is 0 Å². The Balaban J connectivity index is 2.54. The average Bonchev–Trinajstić information content (AvgIpc) is 2.85. The van der Waals surface area contributed by atoms with E-state index in [0.29, 0.717) is 10.4 Å². The normalized spacial score (nSPS) is 15.2. The Morgan fingerprint density at radius 2 is 0.583 bits per heavy atom. The Labute approximate surface area is 206 Å². The molecular formula is C32H24O4. The van der Waals surface area contributed by atoms with Crippen LogP contribution in [-0.4, -0.2) is 23.1 Å². The van der Waals surface area contributed by atoms with Gasteiger partial charge in [-0.2, -0.15) is 0 Å². The SMILES string of the molecule is CC(=O)c1c(C(C)=O)c(C(C)=O)c2/c(c1C(C)=O)=c1/cccc/c1=c1\cccc\c1=c1/cccc/c1=2. The zero-order chi connectivity index (χ0) is 25.7. The van der Waals surface area contributed by atoms with Crippen LogP contribution in [-0.2, 0) is 0 Å². The van der Waals surface area contributed by atoms with Gasteiger partial charge in [0.15, 0.2) is 23.1 Å². The largest absolute Gasteiger partial charge is 0.294 e. The second kappa shape index (κ2) is 8.65. The number of rotatable bonds is 4. The van der Waals surface area contributed by atoms with E-state index in [9.17, 15) is 19.2 Å². The fourth-order valence-corrected chi connectivity index (χ4v) is 5.52. The maximum atomic E-state index is 13.3. The van der Waals surface area contributed by atoms with Crippen LogP contribution in [0.3, 0.4) is 0 Å². The number of hydrogen-bond acceptors (Lipinski definition) is 4. The van der Waals surface area contributed by atoms with Gasteiger partial charge in [0.1, 0.15) is 0 Å². The molecule has 0 unspecified atom stereocenters. The third-order valence-corrected chi connectivity index (χ3v) is 6.81. The highest BCUT2D eigenvalue weighted by atomic mass is 16.1. The molecule has 5 rings (SSSR count). The summed E-state index contributed by atoms with van der Waals surface area (Å²) in [6.45, 7) is 5.48. The number of carbonyl (C=O) groups excluding carboxylic acids is 4. The minimum atomic E-state index is -0.427. The first-order chi connectivity index (χ1) is 17.2. The molecule has 36 heavy (non-hydrogen) atoms. The highest BCUT2D eigenvalue weighted by Gasteiger charge is 2.28. The molecule has 4 aromatic rings. The first-order valence-corrected chi connectivity index (χ1v) is 11.8. The highest BCUT2D eigenvalue weighted by molar-refractivity contribution is 6.18. The monoisotopic (exact) mass is 472 g/mol. The molecule has 176 valence electrons. The lowest BCUT2D eigenvalue weighted by molar-refractivity contribution is 0.0957. The van der Waals surface area contributed by atoms with Gasteiger partial charge < -0.3 is 0 Å². The fraction of sp³-hybridized carbons (Fsp3) is 0.125. The number of Topliss-reactive ketones (excluding diaryl/α,β-unsaturated/α-hetero) is 4. The van der Waals surface area contributed by atoms with Crippen LogP contribution in [0.15, 0.2) is 72.8 Å². The first-order valence-electron chi connectivity index (χ1n) is 11.8. The zero-order valence-electron chi connectivity index (χ0n) is 20.6. The summed E-state index contributed by atoms with van der Waals surface area (Å²) in [4.78, 5) is 52.7. The summed E-state index contributed by atoms with van der Waals surface area (Å²) in [5.41, 5.74) is 0.379. The molecule has 0 N–H and O–H groups in total. The van der Waals surface area contributed by atoms with Crippen LogP contribution in [0.5, 0.6) is 0 Å². The molecule has 1 aliphatic rings. The molecule has 0 amide bonds. The van der Waals surface area contributed by atoms with Gasteiger partial charge in [-0.25, -0.2) is 0 Å². The van der Waals surface area contributed by atoms with Crippen LogP contribution >= 0.6 is 0 Å². The third kappa shape index (κ3) is 3.37. The molecule has 0 radical (unpaired) electrons. The number of ketones is 4. The minimum Gasteiger partial charge on any atom is -0.294 e. The predicted molar refractivity (Wildman–Crippen MR) is 136 cm³/mol. The summed E-state index contributed by atoms with van der Waals surface area (Å²) in [7, 11) is 0. The molecule has 0 bridgehead atoms. The van der Waals surface area contributed by atoms with E-state index in [1.54, 1.807) is 0 Å². The molecule has 0 aromatic heterocycles. The van der Waals surface area contributed by atoms with Crippen molar-refractivity contribution in [1.82, 2.24) is 0 Å². The van der Waals surface area contributed by atoms with Gasteiger partial charge in [0.25, 0.3) is 0 Å². The van der Waals surface area contributed by atoms with Crippen molar-refractivity contribution >= 4 is 23.1 Å². The number of benzene rings is 4. The van der Waals surface area contributed by atoms with Crippen LogP contribution in [0, 0.1) is 41.7 Å². The van der Waals surface area contributed by atoms with Crippen LogP contribution in [0.2, 0.25) is 0 Å². The van der Waals surface area contributed by atoms with Crippen molar-refractivity contribution in [3.05, 3.63) is 137 Å². The summed E-state index contributed by atoms with van der Waals surface area (Å²) in [5.74, 6) is -1.53. The smallest absolute Gasteiger partial charge is 0.161 e. The maximum Gasteiger partial charge on any atom is 0.161 e. The van der Waals surface area contributed by atoms with Crippen LogP contribution in [0.4, 0.5) is 0 Å². The third-order valence-electron chi connectivity index (χ3n) is 6.81. The maximum absolute atomic E-state index is 13.3. The molecule has 0 aliphatic heterocycles. The predicted octanol–water partition coefficient (Wildman–Crippen LogP) is 5.96. The lowest BCUT2D eigenvalue weighted by Gasteiger charge is -2.17. The molecule has 0 heterocycles. The Kier molecular flexibility index (Phi) is 5.60. The van der Waals surface area contributed by atoms with Crippen molar-refractivity contribution in [2.45, 2.75) is 27.7 Å². The topological polar surface area (TPSA) is 68.3 Å². The molecule has 0 atom stereocenters. The van der Waals surface area contributed by atoms with Crippen LogP contribution < -0.4 is 0 Å². The molecule has 0 saturated carbocycles. The molecule has 1 aliphatic carbocycles. The second-order valence-electron chi connectivity index (χ2n) is 9.11. The molecule has 4 nitrogen and oxygen atoms in total.